The van der Waals surface area contributed by atoms with Gasteiger partial charge in [0.1, 0.15) is 0 Å². The average molecular weight is 263 g/mol. The van der Waals surface area contributed by atoms with Gasteiger partial charge in [-0.15, -0.1) is 0 Å². The number of likely N-dealkylation sites (tertiary alicyclic amines) is 1. The predicted octanol–water partition coefficient (Wildman–Crippen LogP) is 3.27. The van der Waals surface area contributed by atoms with Gasteiger partial charge < -0.3 is 9.84 Å². The van der Waals surface area contributed by atoms with Crippen LogP contribution in [-0.2, 0) is 6.54 Å². The Balaban J connectivity index is 1.96. The van der Waals surface area contributed by atoms with Gasteiger partial charge in [0, 0.05) is 12.1 Å². The maximum absolute atomic E-state index is 10.1. The van der Waals surface area contributed by atoms with E-state index in [0.717, 1.165) is 37.0 Å². The highest BCUT2D eigenvalue weighted by Gasteiger charge is 2.22. The van der Waals surface area contributed by atoms with Crippen LogP contribution in [0.3, 0.4) is 0 Å². The van der Waals surface area contributed by atoms with Gasteiger partial charge in [0.2, 0.25) is 0 Å². The van der Waals surface area contributed by atoms with Crippen molar-refractivity contribution in [3.63, 3.8) is 0 Å². The van der Waals surface area contributed by atoms with Gasteiger partial charge in [-0.2, -0.15) is 0 Å². The lowest BCUT2D eigenvalue weighted by Gasteiger charge is -2.34. The number of hydrogen-bond donors (Lipinski definition) is 1. The number of methoxy groups -OCH3 is 1. The van der Waals surface area contributed by atoms with E-state index in [-0.39, 0.29) is 5.75 Å². The number of benzene rings is 1. The molecule has 0 radical (unpaired) electrons. The summed E-state index contributed by atoms with van der Waals surface area (Å²) in [6.07, 6.45) is 2.53. The minimum atomic E-state index is 0.288. The number of nitrogens with zero attached hydrogens (tertiary/aromatic N) is 1. The number of phenolic OH excluding ortho intramolecular Hbond substituents is 1. The zero-order chi connectivity index (χ0) is 13.8. The van der Waals surface area contributed by atoms with Gasteiger partial charge in [0.15, 0.2) is 11.5 Å². The second-order valence-electron chi connectivity index (χ2n) is 5.83. The quantitative estimate of drug-likeness (QED) is 0.905. The number of phenols is 1. The Kier molecular flexibility index (Phi) is 4.70. The minimum absolute atomic E-state index is 0.288. The normalized spacial score (nSPS) is 17.9. The van der Waals surface area contributed by atoms with E-state index in [1.54, 1.807) is 13.2 Å². The third-order valence-electron chi connectivity index (χ3n) is 4.27. The lowest BCUT2D eigenvalue weighted by molar-refractivity contribution is 0.150. The Morgan fingerprint density at radius 3 is 2.58 bits per heavy atom. The molecule has 0 amide bonds. The van der Waals surface area contributed by atoms with Crippen LogP contribution in [0, 0.1) is 11.8 Å². The first-order chi connectivity index (χ1) is 9.11. The summed E-state index contributed by atoms with van der Waals surface area (Å²) in [5.41, 5.74) is 0.961. The van der Waals surface area contributed by atoms with Crippen LogP contribution >= 0.6 is 0 Å². The van der Waals surface area contributed by atoms with E-state index in [9.17, 15) is 5.11 Å². The first-order valence-electron chi connectivity index (χ1n) is 7.19. The molecule has 2 rings (SSSR count). The maximum atomic E-state index is 10.1. The fourth-order valence-electron chi connectivity index (χ4n) is 2.88. The smallest absolute Gasteiger partial charge is 0.162 e. The topological polar surface area (TPSA) is 32.7 Å². The Labute approximate surface area is 116 Å². The summed E-state index contributed by atoms with van der Waals surface area (Å²) in [5.74, 6) is 2.49. The van der Waals surface area contributed by atoms with Crippen molar-refractivity contribution in [1.82, 2.24) is 4.90 Å². The number of para-hydroxylation sites is 1. The molecule has 106 valence electrons. The molecule has 0 aliphatic carbocycles. The lowest BCUT2D eigenvalue weighted by Crippen LogP contribution is -2.34. The van der Waals surface area contributed by atoms with Gasteiger partial charge in [0.25, 0.3) is 0 Å². The second kappa shape index (κ2) is 6.29. The van der Waals surface area contributed by atoms with Gasteiger partial charge in [-0.05, 0) is 43.8 Å². The Morgan fingerprint density at radius 1 is 1.32 bits per heavy atom. The van der Waals surface area contributed by atoms with Crippen LogP contribution in [0.4, 0.5) is 0 Å². The summed E-state index contributed by atoms with van der Waals surface area (Å²) >= 11 is 0. The van der Waals surface area contributed by atoms with Crippen molar-refractivity contribution in [3.05, 3.63) is 23.8 Å². The van der Waals surface area contributed by atoms with Crippen molar-refractivity contribution in [2.45, 2.75) is 33.2 Å². The molecular weight excluding hydrogens is 238 g/mol. The molecule has 1 aromatic rings. The van der Waals surface area contributed by atoms with Gasteiger partial charge in [-0.1, -0.05) is 26.0 Å². The third-order valence-corrected chi connectivity index (χ3v) is 4.27. The zero-order valence-corrected chi connectivity index (χ0v) is 12.2. The summed E-state index contributed by atoms with van der Waals surface area (Å²) in [6, 6.07) is 5.71. The molecule has 3 heteroatoms. The van der Waals surface area contributed by atoms with Crippen molar-refractivity contribution >= 4 is 0 Å². The molecule has 0 atom stereocenters. The maximum Gasteiger partial charge on any atom is 0.162 e. The molecule has 0 aromatic heterocycles. The molecule has 19 heavy (non-hydrogen) atoms. The minimum Gasteiger partial charge on any atom is -0.504 e. The molecule has 1 fully saturated rings. The summed E-state index contributed by atoms with van der Waals surface area (Å²) in [7, 11) is 1.59. The van der Waals surface area contributed by atoms with Crippen LogP contribution in [0.15, 0.2) is 18.2 Å². The van der Waals surface area contributed by atoms with Crippen LogP contribution in [0.1, 0.15) is 32.3 Å². The van der Waals surface area contributed by atoms with E-state index >= 15 is 0 Å². The largest absolute Gasteiger partial charge is 0.504 e. The average Bonchev–Trinajstić information content (AvgIpc) is 2.42. The van der Waals surface area contributed by atoms with Crippen molar-refractivity contribution < 1.29 is 9.84 Å². The molecule has 0 bridgehead atoms. The summed E-state index contributed by atoms with van der Waals surface area (Å²) in [6.45, 7) is 7.69. The van der Waals surface area contributed by atoms with Crippen LogP contribution in [0.25, 0.3) is 0 Å². The van der Waals surface area contributed by atoms with Crippen LogP contribution in [0.2, 0.25) is 0 Å². The Hall–Kier alpha value is -1.22. The van der Waals surface area contributed by atoms with E-state index in [1.807, 2.05) is 12.1 Å². The van der Waals surface area contributed by atoms with Gasteiger partial charge in [-0.25, -0.2) is 0 Å². The highest BCUT2D eigenvalue weighted by molar-refractivity contribution is 5.45. The Morgan fingerprint density at radius 2 is 2.00 bits per heavy atom. The van der Waals surface area contributed by atoms with Crippen LogP contribution in [-0.4, -0.2) is 30.2 Å². The number of ether oxygens (including phenoxy) is 1. The first-order valence-corrected chi connectivity index (χ1v) is 7.19. The molecule has 1 N–H and O–H groups in total. The highest BCUT2D eigenvalue weighted by Crippen LogP contribution is 2.31. The summed E-state index contributed by atoms with van der Waals surface area (Å²) < 4.78 is 5.15. The molecule has 1 heterocycles. The van der Waals surface area contributed by atoms with Crippen molar-refractivity contribution in [1.29, 1.82) is 0 Å². The summed E-state index contributed by atoms with van der Waals surface area (Å²) in [4.78, 5) is 2.42. The molecule has 0 saturated carbocycles. The van der Waals surface area contributed by atoms with E-state index in [1.165, 1.54) is 12.8 Å². The number of rotatable bonds is 4. The Bertz CT molecular complexity index is 409. The van der Waals surface area contributed by atoms with Crippen LogP contribution in [0.5, 0.6) is 11.5 Å². The van der Waals surface area contributed by atoms with Crippen molar-refractivity contribution in [2.24, 2.45) is 11.8 Å². The molecule has 3 nitrogen and oxygen atoms in total. The summed E-state index contributed by atoms with van der Waals surface area (Å²) in [5, 5.41) is 10.1. The standard InChI is InChI=1S/C16H25NO2/c1-12(2)13-7-9-17(10-8-13)11-14-5-4-6-15(19-3)16(14)18/h4-6,12-13,18H,7-11H2,1-3H3. The number of aromatic hydroxyl groups is 1. The highest BCUT2D eigenvalue weighted by atomic mass is 16.5. The van der Waals surface area contributed by atoms with Gasteiger partial charge in [-0.3, -0.25) is 4.90 Å². The van der Waals surface area contributed by atoms with E-state index < -0.39 is 0 Å². The van der Waals surface area contributed by atoms with E-state index in [4.69, 9.17) is 4.74 Å². The zero-order valence-electron chi connectivity index (χ0n) is 12.2. The third kappa shape index (κ3) is 3.41. The van der Waals surface area contributed by atoms with E-state index in [2.05, 4.69) is 18.7 Å². The number of piperidine rings is 1. The van der Waals surface area contributed by atoms with Gasteiger partial charge >= 0.3 is 0 Å². The van der Waals surface area contributed by atoms with Crippen molar-refractivity contribution in [2.75, 3.05) is 20.2 Å². The molecule has 1 aliphatic heterocycles. The molecule has 1 aromatic carbocycles. The lowest BCUT2D eigenvalue weighted by atomic mass is 9.86. The molecule has 1 saturated heterocycles. The van der Waals surface area contributed by atoms with E-state index in [0.29, 0.717) is 5.75 Å². The molecule has 1 aliphatic rings. The molecule has 0 spiro atoms. The van der Waals surface area contributed by atoms with Gasteiger partial charge in [0.05, 0.1) is 7.11 Å². The number of hydrogen-bond acceptors (Lipinski definition) is 3. The fourth-order valence-corrected chi connectivity index (χ4v) is 2.88. The molecular formula is C16H25NO2. The fraction of sp³-hybridized carbons (Fsp3) is 0.625. The first kappa shape index (κ1) is 14.2. The monoisotopic (exact) mass is 263 g/mol. The second-order valence-corrected chi connectivity index (χ2v) is 5.83. The molecule has 0 unspecified atom stereocenters. The SMILES string of the molecule is COc1cccc(CN2CCC(C(C)C)CC2)c1O. The van der Waals surface area contributed by atoms with Crippen molar-refractivity contribution in [3.8, 4) is 11.5 Å². The van der Waals surface area contributed by atoms with Crippen LogP contribution < -0.4 is 4.74 Å². The predicted molar refractivity (Wildman–Crippen MR) is 77.5 cm³/mol.